The van der Waals surface area contributed by atoms with Gasteiger partial charge in [0.15, 0.2) is 0 Å². The van der Waals surface area contributed by atoms with Gasteiger partial charge in [0.2, 0.25) is 0 Å². The van der Waals surface area contributed by atoms with Crippen molar-refractivity contribution in [2.45, 2.75) is 32.7 Å². The average Bonchev–Trinajstić information content (AvgIpc) is 2.06. The molecule has 0 atom stereocenters. The van der Waals surface area contributed by atoms with Crippen molar-refractivity contribution < 1.29 is 0 Å². The summed E-state index contributed by atoms with van der Waals surface area (Å²) >= 11 is 0. The minimum atomic E-state index is 0.127. The van der Waals surface area contributed by atoms with E-state index >= 15 is 0 Å². The molecular formula is C12H21N3. The Hall–Kier alpha value is -1.09. The molecule has 15 heavy (non-hydrogen) atoms. The van der Waals surface area contributed by atoms with Crippen LogP contribution in [0.2, 0.25) is 0 Å². The van der Waals surface area contributed by atoms with E-state index < -0.39 is 0 Å². The molecule has 84 valence electrons. The summed E-state index contributed by atoms with van der Waals surface area (Å²) in [5, 5.41) is 0. The Bertz CT molecular complexity index is 337. The molecule has 0 aliphatic heterocycles. The third-order valence-electron chi connectivity index (χ3n) is 2.35. The van der Waals surface area contributed by atoms with E-state index in [-0.39, 0.29) is 5.41 Å². The first-order chi connectivity index (χ1) is 6.80. The number of rotatable bonds is 2. The summed E-state index contributed by atoms with van der Waals surface area (Å²) in [4.78, 5) is 6.35. The second-order valence-corrected chi connectivity index (χ2v) is 5.26. The van der Waals surface area contributed by atoms with Gasteiger partial charge in [-0.25, -0.2) is 4.98 Å². The fourth-order valence-electron chi connectivity index (χ4n) is 1.40. The van der Waals surface area contributed by atoms with Crippen molar-refractivity contribution in [1.82, 2.24) is 9.88 Å². The topological polar surface area (TPSA) is 42.2 Å². The maximum atomic E-state index is 5.84. The van der Waals surface area contributed by atoms with Gasteiger partial charge >= 0.3 is 0 Å². The number of hydrogen-bond donors (Lipinski definition) is 1. The lowest BCUT2D eigenvalue weighted by atomic mass is 9.87. The molecule has 0 amide bonds. The molecule has 0 saturated carbocycles. The van der Waals surface area contributed by atoms with Crippen LogP contribution in [0, 0.1) is 0 Å². The minimum Gasteiger partial charge on any atom is -0.383 e. The molecule has 1 aromatic rings. The Kier molecular flexibility index (Phi) is 3.35. The van der Waals surface area contributed by atoms with Crippen LogP contribution in [0.1, 0.15) is 31.9 Å². The van der Waals surface area contributed by atoms with Crippen LogP contribution in [0.4, 0.5) is 5.82 Å². The quantitative estimate of drug-likeness (QED) is 0.806. The minimum absolute atomic E-state index is 0.127. The lowest BCUT2D eigenvalue weighted by Crippen LogP contribution is -2.16. The number of nitrogen functional groups attached to an aromatic ring is 1. The first kappa shape index (κ1) is 12.0. The van der Waals surface area contributed by atoms with Crippen LogP contribution < -0.4 is 5.73 Å². The van der Waals surface area contributed by atoms with Crippen LogP contribution in [0.5, 0.6) is 0 Å². The first-order valence-corrected chi connectivity index (χ1v) is 5.20. The number of nitrogens with two attached hydrogens (primary N) is 1. The zero-order chi connectivity index (χ0) is 11.6. The normalized spacial score (nSPS) is 12.1. The molecule has 0 saturated heterocycles. The molecule has 0 aliphatic carbocycles. The molecule has 3 heteroatoms. The van der Waals surface area contributed by atoms with Crippen molar-refractivity contribution in [2.24, 2.45) is 0 Å². The van der Waals surface area contributed by atoms with Gasteiger partial charge in [-0.15, -0.1) is 0 Å². The van der Waals surface area contributed by atoms with Gasteiger partial charge in [0.05, 0.1) is 0 Å². The molecule has 0 radical (unpaired) electrons. The molecule has 0 unspecified atom stereocenters. The molecule has 0 aromatic carbocycles. The predicted octanol–water partition coefficient (Wildman–Crippen LogP) is 2.02. The van der Waals surface area contributed by atoms with Crippen LogP contribution in [0.25, 0.3) is 0 Å². The van der Waals surface area contributed by atoms with Gasteiger partial charge in [-0.05, 0) is 31.1 Å². The lowest BCUT2D eigenvalue weighted by molar-refractivity contribution is 0.402. The van der Waals surface area contributed by atoms with E-state index in [0.29, 0.717) is 5.82 Å². The van der Waals surface area contributed by atoms with Crippen LogP contribution in [0.3, 0.4) is 0 Å². The van der Waals surface area contributed by atoms with Crippen molar-refractivity contribution in [3.05, 3.63) is 23.4 Å². The van der Waals surface area contributed by atoms with E-state index in [1.54, 1.807) is 0 Å². The van der Waals surface area contributed by atoms with Crippen molar-refractivity contribution in [1.29, 1.82) is 0 Å². The van der Waals surface area contributed by atoms with Gasteiger partial charge in [-0.3, -0.25) is 0 Å². The number of nitrogens with zero attached hydrogens (tertiary/aromatic N) is 2. The molecule has 1 aromatic heterocycles. The first-order valence-electron chi connectivity index (χ1n) is 5.20. The van der Waals surface area contributed by atoms with Gasteiger partial charge in [-0.1, -0.05) is 20.8 Å². The van der Waals surface area contributed by atoms with E-state index in [0.717, 1.165) is 12.1 Å². The highest BCUT2D eigenvalue weighted by molar-refractivity contribution is 5.42. The van der Waals surface area contributed by atoms with Gasteiger partial charge in [-0.2, -0.15) is 0 Å². The van der Waals surface area contributed by atoms with E-state index in [9.17, 15) is 0 Å². The molecule has 2 N–H and O–H groups in total. The Morgan fingerprint density at radius 3 is 2.40 bits per heavy atom. The summed E-state index contributed by atoms with van der Waals surface area (Å²) in [7, 11) is 4.06. The molecule has 0 spiro atoms. The third-order valence-corrected chi connectivity index (χ3v) is 2.35. The third kappa shape index (κ3) is 3.20. The highest BCUT2D eigenvalue weighted by atomic mass is 15.1. The fourth-order valence-corrected chi connectivity index (χ4v) is 1.40. The monoisotopic (exact) mass is 207 g/mol. The number of hydrogen-bond acceptors (Lipinski definition) is 3. The Morgan fingerprint density at radius 1 is 1.33 bits per heavy atom. The van der Waals surface area contributed by atoms with Crippen LogP contribution in [-0.4, -0.2) is 24.0 Å². The molecule has 1 heterocycles. The average molecular weight is 207 g/mol. The fraction of sp³-hybridized carbons (Fsp3) is 0.583. The Morgan fingerprint density at radius 2 is 1.93 bits per heavy atom. The second kappa shape index (κ2) is 4.19. The summed E-state index contributed by atoms with van der Waals surface area (Å²) < 4.78 is 0. The SMILES string of the molecule is CN(C)Cc1cc(C(C)(C)C)cnc1N. The van der Waals surface area contributed by atoms with Gasteiger partial charge < -0.3 is 10.6 Å². The largest absolute Gasteiger partial charge is 0.383 e. The van der Waals surface area contributed by atoms with E-state index in [1.807, 2.05) is 20.3 Å². The molecule has 0 aliphatic rings. The predicted molar refractivity (Wildman–Crippen MR) is 64.7 cm³/mol. The summed E-state index contributed by atoms with van der Waals surface area (Å²) in [6.07, 6.45) is 1.87. The summed E-state index contributed by atoms with van der Waals surface area (Å²) in [5.74, 6) is 0.636. The summed E-state index contributed by atoms with van der Waals surface area (Å²) in [6.45, 7) is 7.38. The maximum Gasteiger partial charge on any atom is 0.127 e. The lowest BCUT2D eigenvalue weighted by Gasteiger charge is -2.20. The molecule has 0 bridgehead atoms. The van der Waals surface area contributed by atoms with Crippen molar-refractivity contribution >= 4 is 5.82 Å². The van der Waals surface area contributed by atoms with Crippen LogP contribution >= 0.6 is 0 Å². The summed E-state index contributed by atoms with van der Waals surface area (Å²) in [6, 6.07) is 2.16. The van der Waals surface area contributed by atoms with E-state index in [4.69, 9.17) is 5.73 Å². The molecule has 3 nitrogen and oxygen atoms in total. The highest BCUT2D eigenvalue weighted by Crippen LogP contribution is 2.24. The van der Waals surface area contributed by atoms with Crippen LogP contribution in [0.15, 0.2) is 12.3 Å². The summed E-state index contributed by atoms with van der Waals surface area (Å²) in [5.41, 5.74) is 8.30. The van der Waals surface area contributed by atoms with Gasteiger partial charge in [0.25, 0.3) is 0 Å². The molecular weight excluding hydrogens is 186 g/mol. The number of anilines is 1. The van der Waals surface area contributed by atoms with E-state index in [2.05, 4.69) is 36.7 Å². The van der Waals surface area contributed by atoms with Gasteiger partial charge in [0.1, 0.15) is 5.82 Å². The van der Waals surface area contributed by atoms with Gasteiger partial charge in [0, 0.05) is 18.3 Å². The molecule has 0 fully saturated rings. The highest BCUT2D eigenvalue weighted by Gasteiger charge is 2.15. The number of pyridine rings is 1. The van der Waals surface area contributed by atoms with E-state index in [1.165, 1.54) is 5.56 Å². The van der Waals surface area contributed by atoms with Crippen molar-refractivity contribution in [2.75, 3.05) is 19.8 Å². The Labute approximate surface area is 92.3 Å². The zero-order valence-electron chi connectivity index (χ0n) is 10.3. The number of aromatic nitrogens is 1. The molecule has 1 rings (SSSR count). The van der Waals surface area contributed by atoms with Crippen molar-refractivity contribution in [3.8, 4) is 0 Å². The zero-order valence-corrected chi connectivity index (χ0v) is 10.3. The smallest absolute Gasteiger partial charge is 0.127 e. The maximum absolute atomic E-state index is 5.84. The second-order valence-electron chi connectivity index (χ2n) is 5.26. The Balaban J connectivity index is 3.06. The standard InChI is InChI=1S/C12H21N3/c1-12(2,3)10-6-9(8-15(4)5)11(13)14-7-10/h6-7H,8H2,1-5H3,(H2,13,14). The van der Waals surface area contributed by atoms with Crippen LogP contribution in [-0.2, 0) is 12.0 Å². The van der Waals surface area contributed by atoms with Crippen molar-refractivity contribution in [3.63, 3.8) is 0 Å².